The van der Waals surface area contributed by atoms with Crippen LogP contribution in [0.25, 0.3) is 0 Å². The molecule has 5 nitrogen and oxygen atoms in total. The number of methoxy groups -OCH3 is 1. The maximum absolute atomic E-state index is 12.0. The summed E-state index contributed by atoms with van der Waals surface area (Å²) in [5, 5.41) is 0. The molecule has 1 aromatic rings. The Labute approximate surface area is 119 Å². The standard InChI is InChI=1S/C15H22O5/c1-3-20-15-7-5-4-6-13(15)14(16)12-19-11-10-18-9-8-17-2/h4-7H,3,8-12H2,1-2H3. The third-order valence-corrected chi connectivity index (χ3v) is 2.52. The molecule has 0 atom stereocenters. The fourth-order valence-electron chi connectivity index (χ4n) is 1.58. The van der Waals surface area contributed by atoms with Crippen molar-refractivity contribution in [2.75, 3.05) is 46.8 Å². The molecule has 0 radical (unpaired) electrons. The van der Waals surface area contributed by atoms with Gasteiger partial charge >= 0.3 is 0 Å². The van der Waals surface area contributed by atoms with Crippen molar-refractivity contribution in [2.45, 2.75) is 6.92 Å². The van der Waals surface area contributed by atoms with Gasteiger partial charge in [0.2, 0.25) is 0 Å². The van der Waals surface area contributed by atoms with Crippen molar-refractivity contribution >= 4 is 5.78 Å². The number of benzene rings is 1. The van der Waals surface area contributed by atoms with E-state index in [1.165, 1.54) is 0 Å². The molecule has 1 rings (SSSR count). The molecule has 0 aliphatic rings. The van der Waals surface area contributed by atoms with Gasteiger partial charge in [0.15, 0.2) is 5.78 Å². The normalized spacial score (nSPS) is 10.5. The molecule has 0 aliphatic heterocycles. The Bertz CT molecular complexity index is 392. The lowest BCUT2D eigenvalue weighted by Crippen LogP contribution is -2.14. The number of hydrogen-bond donors (Lipinski definition) is 0. The van der Waals surface area contributed by atoms with Gasteiger partial charge in [-0.3, -0.25) is 4.79 Å². The van der Waals surface area contributed by atoms with Gasteiger partial charge in [-0.25, -0.2) is 0 Å². The summed E-state index contributed by atoms with van der Waals surface area (Å²) in [5.41, 5.74) is 0.551. The Kier molecular flexibility index (Phi) is 8.62. The van der Waals surface area contributed by atoms with Crippen LogP contribution in [0.5, 0.6) is 5.75 Å². The Morgan fingerprint density at radius 3 is 2.50 bits per heavy atom. The number of Topliss-reactive ketones (excluding diaryl/α,β-unsaturated/α-hetero) is 1. The Balaban J connectivity index is 2.29. The van der Waals surface area contributed by atoms with Crippen molar-refractivity contribution in [1.29, 1.82) is 0 Å². The molecule has 0 spiro atoms. The molecule has 0 amide bonds. The van der Waals surface area contributed by atoms with E-state index in [0.717, 1.165) is 0 Å². The van der Waals surface area contributed by atoms with Crippen LogP contribution in [0.15, 0.2) is 24.3 Å². The zero-order valence-corrected chi connectivity index (χ0v) is 12.1. The second-order valence-electron chi connectivity index (χ2n) is 4.01. The average molecular weight is 282 g/mol. The lowest BCUT2D eigenvalue weighted by molar-refractivity contribution is 0.0252. The maximum atomic E-state index is 12.0. The first-order valence-electron chi connectivity index (χ1n) is 6.69. The summed E-state index contributed by atoms with van der Waals surface area (Å²) in [6.07, 6.45) is 0. The number of ether oxygens (including phenoxy) is 4. The monoisotopic (exact) mass is 282 g/mol. The van der Waals surface area contributed by atoms with Crippen LogP contribution in [0.2, 0.25) is 0 Å². The van der Waals surface area contributed by atoms with Crippen molar-refractivity contribution in [3.63, 3.8) is 0 Å². The molecule has 5 heteroatoms. The summed E-state index contributed by atoms with van der Waals surface area (Å²) in [6.45, 7) is 4.35. The van der Waals surface area contributed by atoms with Crippen molar-refractivity contribution in [3.8, 4) is 5.75 Å². The molecule has 0 saturated carbocycles. The van der Waals surface area contributed by atoms with Gasteiger partial charge in [-0.1, -0.05) is 12.1 Å². The molecule has 0 heterocycles. The van der Waals surface area contributed by atoms with E-state index in [4.69, 9.17) is 18.9 Å². The molecule has 0 fully saturated rings. The van der Waals surface area contributed by atoms with Crippen LogP contribution >= 0.6 is 0 Å². The molecule has 0 bridgehead atoms. The third-order valence-electron chi connectivity index (χ3n) is 2.52. The number of rotatable bonds is 11. The molecular weight excluding hydrogens is 260 g/mol. The second kappa shape index (κ2) is 10.4. The highest BCUT2D eigenvalue weighted by molar-refractivity contribution is 5.99. The quantitative estimate of drug-likeness (QED) is 0.458. The van der Waals surface area contributed by atoms with Gasteiger partial charge in [-0.05, 0) is 19.1 Å². The van der Waals surface area contributed by atoms with E-state index < -0.39 is 0 Å². The van der Waals surface area contributed by atoms with E-state index in [9.17, 15) is 4.79 Å². The highest BCUT2D eigenvalue weighted by Crippen LogP contribution is 2.18. The fraction of sp³-hybridized carbons (Fsp3) is 0.533. The highest BCUT2D eigenvalue weighted by atomic mass is 16.5. The molecule has 1 aromatic carbocycles. The van der Waals surface area contributed by atoms with Crippen LogP contribution in [0, 0.1) is 0 Å². The van der Waals surface area contributed by atoms with Crippen molar-refractivity contribution in [1.82, 2.24) is 0 Å². The van der Waals surface area contributed by atoms with E-state index in [1.54, 1.807) is 19.2 Å². The summed E-state index contributed by atoms with van der Waals surface area (Å²) in [7, 11) is 1.62. The Morgan fingerprint density at radius 2 is 1.75 bits per heavy atom. The minimum atomic E-state index is -0.0917. The zero-order valence-electron chi connectivity index (χ0n) is 12.1. The number of ketones is 1. The summed E-state index contributed by atoms with van der Waals surface area (Å²) in [6, 6.07) is 7.17. The van der Waals surface area contributed by atoms with Gasteiger partial charge in [0, 0.05) is 7.11 Å². The largest absolute Gasteiger partial charge is 0.493 e. The molecule has 0 aromatic heterocycles. The number of hydrogen-bond acceptors (Lipinski definition) is 5. The van der Waals surface area contributed by atoms with Crippen molar-refractivity contribution in [2.24, 2.45) is 0 Å². The first-order valence-corrected chi connectivity index (χ1v) is 6.69. The molecule has 0 N–H and O–H groups in total. The predicted octanol–water partition coefficient (Wildman–Crippen LogP) is 1.95. The number of carbonyl (C=O) groups is 1. The smallest absolute Gasteiger partial charge is 0.192 e. The van der Waals surface area contributed by atoms with Gasteiger partial charge in [0.1, 0.15) is 12.4 Å². The van der Waals surface area contributed by atoms with E-state index in [1.807, 2.05) is 19.1 Å². The summed E-state index contributed by atoms with van der Waals surface area (Å²) in [4.78, 5) is 12.0. The SMILES string of the molecule is CCOc1ccccc1C(=O)COCCOCCOC. The van der Waals surface area contributed by atoms with Gasteiger partial charge in [-0.15, -0.1) is 0 Å². The molecule has 112 valence electrons. The summed E-state index contributed by atoms with van der Waals surface area (Å²) >= 11 is 0. The molecule has 20 heavy (non-hydrogen) atoms. The first kappa shape index (κ1) is 16.6. The summed E-state index contributed by atoms with van der Waals surface area (Å²) < 4.78 is 20.8. The second-order valence-corrected chi connectivity index (χ2v) is 4.01. The van der Waals surface area contributed by atoms with Crippen molar-refractivity contribution in [3.05, 3.63) is 29.8 Å². The van der Waals surface area contributed by atoms with Gasteiger partial charge in [0.05, 0.1) is 38.6 Å². The van der Waals surface area contributed by atoms with Crippen LogP contribution < -0.4 is 4.74 Å². The van der Waals surface area contributed by atoms with Crippen molar-refractivity contribution < 1.29 is 23.7 Å². The number of carbonyl (C=O) groups excluding carboxylic acids is 1. The van der Waals surface area contributed by atoms with E-state index in [2.05, 4.69) is 0 Å². The number of para-hydroxylation sites is 1. The Morgan fingerprint density at radius 1 is 1.05 bits per heavy atom. The van der Waals surface area contributed by atoms with E-state index in [0.29, 0.717) is 44.3 Å². The van der Waals surface area contributed by atoms with Crippen LogP contribution in [0.1, 0.15) is 17.3 Å². The maximum Gasteiger partial charge on any atom is 0.192 e. The highest BCUT2D eigenvalue weighted by Gasteiger charge is 2.11. The topological polar surface area (TPSA) is 54.0 Å². The molecular formula is C15H22O5. The molecule has 0 unspecified atom stereocenters. The first-order chi connectivity index (χ1) is 9.79. The molecule has 0 saturated heterocycles. The fourth-order valence-corrected chi connectivity index (χ4v) is 1.58. The van der Waals surface area contributed by atoms with Crippen LogP contribution in [-0.2, 0) is 14.2 Å². The zero-order chi connectivity index (χ0) is 14.6. The minimum absolute atomic E-state index is 0.0255. The van der Waals surface area contributed by atoms with Gasteiger partial charge in [-0.2, -0.15) is 0 Å². The summed E-state index contributed by atoms with van der Waals surface area (Å²) in [5.74, 6) is 0.505. The van der Waals surface area contributed by atoms with Crippen LogP contribution in [-0.4, -0.2) is 52.5 Å². The van der Waals surface area contributed by atoms with E-state index >= 15 is 0 Å². The molecule has 0 aliphatic carbocycles. The minimum Gasteiger partial charge on any atom is -0.493 e. The predicted molar refractivity (Wildman–Crippen MR) is 75.5 cm³/mol. The van der Waals surface area contributed by atoms with Gasteiger partial charge < -0.3 is 18.9 Å². The van der Waals surface area contributed by atoms with E-state index in [-0.39, 0.29) is 12.4 Å². The third kappa shape index (κ3) is 6.14. The lowest BCUT2D eigenvalue weighted by Gasteiger charge is -2.09. The Hall–Kier alpha value is -1.43. The lowest BCUT2D eigenvalue weighted by atomic mass is 10.1. The average Bonchev–Trinajstić information content (AvgIpc) is 2.47. The van der Waals surface area contributed by atoms with Crippen LogP contribution in [0.3, 0.4) is 0 Å². The van der Waals surface area contributed by atoms with Crippen LogP contribution in [0.4, 0.5) is 0 Å². The van der Waals surface area contributed by atoms with Gasteiger partial charge in [0.25, 0.3) is 0 Å².